The maximum absolute atomic E-state index is 12.6. The topological polar surface area (TPSA) is 38.8 Å². The third-order valence-corrected chi connectivity index (χ3v) is 3.57. The van der Waals surface area contributed by atoms with Gasteiger partial charge < -0.3 is 14.4 Å². The van der Waals surface area contributed by atoms with Gasteiger partial charge in [0.1, 0.15) is 0 Å². The second-order valence-electron chi connectivity index (χ2n) is 4.83. The van der Waals surface area contributed by atoms with Gasteiger partial charge in [-0.15, -0.1) is 0 Å². The number of hydrogen-bond donors (Lipinski definition) is 0. The molecule has 0 radical (unpaired) electrons. The standard InChI is InChI=1S/C17H18ClNO3/c1-19(11-12-7-9-13(18)10-8-12)17(20)14-5-4-6-15(21-2)16(14)22-3/h4-10H,11H2,1-3H3. The molecule has 0 aliphatic heterocycles. The zero-order valence-corrected chi connectivity index (χ0v) is 13.6. The van der Waals surface area contributed by atoms with Crippen LogP contribution in [0.25, 0.3) is 0 Å². The van der Waals surface area contributed by atoms with Crippen LogP contribution in [-0.2, 0) is 6.54 Å². The maximum Gasteiger partial charge on any atom is 0.257 e. The minimum atomic E-state index is -0.134. The van der Waals surface area contributed by atoms with Crippen molar-refractivity contribution in [2.45, 2.75) is 6.54 Å². The average molecular weight is 320 g/mol. The highest BCUT2D eigenvalue weighted by Crippen LogP contribution is 2.31. The Bertz CT molecular complexity index is 655. The van der Waals surface area contributed by atoms with Crippen molar-refractivity contribution in [2.24, 2.45) is 0 Å². The third-order valence-electron chi connectivity index (χ3n) is 3.31. The Balaban J connectivity index is 2.22. The fourth-order valence-electron chi connectivity index (χ4n) is 2.20. The van der Waals surface area contributed by atoms with Gasteiger partial charge in [0.05, 0.1) is 19.8 Å². The monoisotopic (exact) mass is 319 g/mol. The minimum Gasteiger partial charge on any atom is -0.493 e. The molecule has 0 heterocycles. The summed E-state index contributed by atoms with van der Waals surface area (Å²) in [4.78, 5) is 14.3. The van der Waals surface area contributed by atoms with E-state index >= 15 is 0 Å². The van der Waals surface area contributed by atoms with Crippen LogP contribution in [0.15, 0.2) is 42.5 Å². The summed E-state index contributed by atoms with van der Waals surface area (Å²) in [6.07, 6.45) is 0. The number of nitrogens with zero attached hydrogens (tertiary/aromatic N) is 1. The highest BCUT2D eigenvalue weighted by atomic mass is 35.5. The van der Waals surface area contributed by atoms with Gasteiger partial charge in [-0.25, -0.2) is 0 Å². The summed E-state index contributed by atoms with van der Waals surface area (Å²) >= 11 is 5.87. The molecule has 2 aromatic rings. The molecule has 0 atom stereocenters. The predicted molar refractivity (Wildman–Crippen MR) is 86.8 cm³/mol. The second kappa shape index (κ2) is 7.18. The van der Waals surface area contributed by atoms with Crippen LogP contribution in [0, 0.1) is 0 Å². The molecule has 0 saturated heterocycles. The Labute approximate surface area is 135 Å². The lowest BCUT2D eigenvalue weighted by Crippen LogP contribution is -2.26. The van der Waals surface area contributed by atoms with Crippen LogP contribution >= 0.6 is 11.6 Å². The Morgan fingerprint density at radius 3 is 2.36 bits per heavy atom. The largest absolute Gasteiger partial charge is 0.493 e. The van der Waals surface area contributed by atoms with Crippen molar-refractivity contribution in [1.82, 2.24) is 4.90 Å². The molecule has 22 heavy (non-hydrogen) atoms. The molecule has 2 aromatic carbocycles. The molecule has 0 aliphatic carbocycles. The van der Waals surface area contributed by atoms with Gasteiger partial charge in [0.25, 0.3) is 5.91 Å². The number of rotatable bonds is 5. The van der Waals surface area contributed by atoms with Gasteiger partial charge in [-0.05, 0) is 29.8 Å². The van der Waals surface area contributed by atoms with E-state index in [9.17, 15) is 4.79 Å². The predicted octanol–water partition coefficient (Wildman–Crippen LogP) is 3.63. The van der Waals surface area contributed by atoms with E-state index in [0.29, 0.717) is 28.6 Å². The zero-order valence-electron chi connectivity index (χ0n) is 12.8. The molecular formula is C17H18ClNO3. The van der Waals surface area contributed by atoms with Crippen LogP contribution in [0.5, 0.6) is 11.5 Å². The lowest BCUT2D eigenvalue weighted by Gasteiger charge is -2.19. The van der Waals surface area contributed by atoms with Crippen molar-refractivity contribution in [3.8, 4) is 11.5 Å². The van der Waals surface area contributed by atoms with Gasteiger partial charge in [0.15, 0.2) is 11.5 Å². The third kappa shape index (κ3) is 3.52. The van der Waals surface area contributed by atoms with Gasteiger partial charge in [-0.2, -0.15) is 0 Å². The van der Waals surface area contributed by atoms with E-state index in [1.165, 1.54) is 7.11 Å². The van der Waals surface area contributed by atoms with Gasteiger partial charge in [-0.3, -0.25) is 4.79 Å². The molecule has 1 amide bonds. The van der Waals surface area contributed by atoms with E-state index < -0.39 is 0 Å². The van der Waals surface area contributed by atoms with Crippen LogP contribution in [0.1, 0.15) is 15.9 Å². The van der Waals surface area contributed by atoms with Crippen molar-refractivity contribution in [1.29, 1.82) is 0 Å². The number of methoxy groups -OCH3 is 2. The van der Waals surface area contributed by atoms with Crippen LogP contribution in [0.2, 0.25) is 5.02 Å². The molecule has 0 aliphatic rings. The van der Waals surface area contributed by atoms with E-state index in [2.05, 4.69) is 0 Å². The first-order chi connectivity index (χ1) is 10.6. The lowest BCUT2D eigenvalue weighted by atomic mass is 10.1. The van der Waals surface area contributed by atoms with Crippen molar-refractivity contribution in [2.75, 3.05) is 21.3 Å². The van der Waals surface area contributed by atoms with E-state index in [1.807, 2.05) is 12.1 Å². The molecule has 0 N–H and O–H groups in total. The van der Waals surface area contributed by atoms with Crippen LogP contribution in [-0.4, -0.2) is 32.1 Å². The number of amides is 1. The molecule has 116 valence electrons. The van der Waals surface area contributed by atoms with Crippen molar-refractivity contribution < 1.29 is 14.3 Å². The molecule has 0 spiro atoms. The quantitative estimate of drug-likeness (QED) is 0.844. The molecule has 2 rings (SSSR count). The Morgan fingerprint density at radius 1 is 1.09 bits per heavy atom. The minimum absolute atomic E-state index is 0.134. The van der Waals surface area contributed by atoms with E-state index in [4.69, 9.17) is 21.1 Å². The van der Waals surface area contributed by atoms with Crippen molar-refractivity contribution in [3.05, 3.63) is 58.6 Å². The molecule has 4 nitrogen and oxygen atoms in total. The van der Waals surface area contributed by atoms with Gasteiger partial charge in [-0.1, -0.05) is 29.8 Å². The fraction of sp³-hybridized carbons (Fsp3) is 0.235. The van der Waals surface area contributed by atoms with Gasteiger partial charge in [0, 0.05) is 18.6 Å². The van der Waals surface area contributed by atoms with E-state index in [1.54, 1.807) is 49.4 Å². The smallest absolute Gasteiger partial charge is 0.257 e. The van der Waals surface area contributed by atoms with Gasteiger partial charge in [0.2, 0.25) is 0 Å². The summed E-state index contributed by atoms with van der Waals surface area (Å²) in [5.41, 5.74) is 1.47. The number of benzene rings is 2. The summed E-state index contributed by atoms with van der Waals surface area (Å²) in [7, 11) is 4.81. The van der Waals surface area contributed by atoms with Crippen LogP contribution < -0.4 is 9.47 Å². The molecular weight excluding hydrogens is 302 g/mol. The Kier molecular flexibility index (Phi) is 5.28. The number of ether oxygens (including phenoxy) is 2. The summed E-state index contributed by atoms with van der Waals surface area (Å²) in [6.45, 7) is 0.483. The summed E-state index contributed by atoms with van der Waals surface area (Å²) in [6, 6.07) is 12.7. The molecule has 5 heteroatoms. The van der Waals surface area contributed by atoms with Crippen molar-refractivity contribution >= 4 is 17.5 Å². The number of hydrogen-bond acceptors (Lipinski definition) is 3. The van der Waals surface area contributed by atoms with Crippen LogP contribution in [0.3, 0.4) is 0 Å². The normalized spacial score (nSPS) is 10.2. The van der Waals surface area contributed by atoms with E-state index in [0.717, 1.165) is 5.56 Å². The average Bonchev–Trinajstić information content (AvgIpc) is 2.55. The number of halogens is 1. The fourth-order valence-corrected chi connectivity index (χ4v) is 2.32. The molecule has 0 fully saturated rings. The van der Waals surface area contributed by atoms with E-state index in [-0.39, 0.29) is 5.91 Å². The van der Waals surface area contributed by atoms with Crippen LogP contribution in [0.4, 0.5) is 0 Å². The SMILES string of the molecule is COc1cccc(C(=O)N(C)Cc2ccc(Cl)cc2)c1OC. The summed E-state index contributed by atoms with van der Waals surface area (Å²) < 4.78 is 10.5. The molecule has 0 aromatic heterocycles. The maximum atomic E-state index is 12.6. The first-order valence-corrected chi connectivity index (χ1v) is 7.15. The summed E-state index contributed by atoms with van der Waals surface area (Å²) in [5.74, 6) is 0.844. The second-order valence-corrected chi connectivity index (χ2v) is 5.27. The molecule has 0 saturated carbocycles. The van der Waals surface area contributed by atoms with Gasteiger partial charge >= 0.3 is 0 Å². The highest BCUT2D eigenvalue weighted by Gasteiger charge is 2.19. The first kappa shape index (κ1) is 16.2. The molecule has 0 unspecified atom stereocenters. The zero-order chi connectivity index (χ0) is 16.1. The lowest BCUT2D eigenvalue weighted by molar-refractivity contribution is 0.0781. The number of carbonyl (C=O) groups excluding carboxylic acids is 1. The Morgan fingerprint density at radius 2 is 1.77 bits per heavy atom. The summed E-state index contributed by atoms with van der Waals surface area (Å²) in [5, 5.41) is 0.673. The number of carbonyl (C=O) groups is 1. The molecule has 0 bridgehead atoms. The first-order valence-electron chi connectivity index (χ1n) is 6.77. The van der Waals surface area contributed by atoms with Crippen molar-refractivity contribution in [3.63, 3.8) is 0 Å². The Hall–Kier alpha value is -2.20. The highest BCUT2D eigenvalue weighted by molar-refractivity contribution is 6.30. The number of para-hydroxylation sites is 1.